The molecule has 15 heavy (non-hydrogen) atoms. The number of carbonyl (C=O) groups excluding carboxylic acids is 1. The number of nitrogens with two attached hydrogens (primary N) is 1. The Balaban J connectivity index is 3.32. The average molecular weight is 216 g/mol. The number of aliphatic hydroxyl groups is 1. The molecule has 0 aromatic heterocycles. The van der Waals surface area contributed by atoms with Crippen molar-refractivity contribution in [3.8, 4) is 0 Å². The zero-order valence-electron chi connectivity index (χ0n) is 9.67. The Kier molecular flexibility index (Phi) is 9.52. The molecule has 1 unspecified atom stereocenters. The highest BCUT2D eigenvalue weighted by molar-refractivity contribution is 5.75. The van der Waals surface area contributed by atoms with Gasteiger partial charge in [0, 0.05) is 19.6 Å². The van der Waals surface area contributed by atoms with E-state index in [0.29, 0.717) is 25.4 Å². The van der Waals surface area contributed by atoms with E-state index in [9.17, 15) is 4.79 Å². The molecule has 0 fully saturated rings. The molecule has 0 saturated heterocycles. The van der Waals surface area contributed by atoms with Crippen LogP contribution in [0.3, 0.4) is 0 Å². The Morgan fingerprint density at radius 2 is 2.13 bits per heavy atom. The summed E-state index contributed by atoms with van der Waals surface area (Å²) in [7, 11) is 0. The second kappa shape index (κ2) is 9.93. The lowest BCUT2D eigenvalue weighted by molar-refractivity contribution is -0.121. The van der Waals surface area contributed by atoms with Gasteiger partial charge in [-0.2, -0.15) is 0 Å². The molecule has 4 N–H and O–H groups in total. The highest BCUT2D eigenvalue weighted by Gasteiger charge is 2.05. The Hall–Kier alpha value is -0.610. The van der Waals surface area contributed by atoms with E-state index < -0.39 is 0 Å². The third-order valence-electron chi connectivity index (χ3n) is 2.43. The predicted octanol–water partition coefficient (Wildman–Crippen LogP) is 0.640. The van der Waals surface area contributed by atoms with E-state index in [0.717, 1.165) is 25.7 Å². The fourth-order valence-corrected chi connectivity index (χ4v) is 1.36. The Labute approximate surface area is 92.2 Å². The summed E-state index contributed by atoms with van der Waals surface area (Å²) in [5.74, 6) is 0.634. The van der Waals surface area contributed by atoms with Crippen LogP contribution in [-0.2, 0) is 4.79 Å². The number of carbonyl (C=O) groups is 1. The molecule has 4 heteroatoms. The molecule has 0 saturated carbocycles. The Morgan fingerprint density at radius 3 is 2.73 bits per heavy atom. The number of amides is 1. The van der Waals surface area contributed by atoms with Crippen LogP contribution in [0, 0.1) is 5.92 Å². The third kappa shape index (κ3) is 9.69. The molecule has 0 aliphatic carbocycles. The maximum Gasteiger partial charge on any atom is 0.220 e. The topological polar surface area (TPSA) is 75.4 Å². The standard InChI is InChI=1S/C11H24N2O2/c1-10(6-7-12)4-5-11(15)13-8-2-3-9-14/h10,14H,2-9,12H2,1H3,(H,13,15). The third-order valence-corrected chi connectivity index (χ3v) is 2.43. The zero-order chi connectivity index (χ0) is 11.5. The van der Waals surface area contributed by atoms with Gasteiger partial charge < -0.3 is 16.2 Å². The van der Waals surface area contributed by atoms with Crippen molar-refractivity contribution in [3.63, 3.8) is 0 Å². The first kappa shape index (κ1) is 14.4. The van der Waals surface area contributed by atoms with Gasteiger partial charge in [0.1, 0.15) is 0 Å². The average Bonchev–Trinajstić information content (AvgIpc) is 2.22. The van der Waals surface area contributed by atoms with Crippen LogP contribution in [0.4, 0.5) is 0 Å². The molecule has 0 aromatic carbocycles. The molecule has 4 nitrogen and oxygen atoms in total. The second-order valence-corrected chi connectivity index (χ2v) is 4.00. The van der Waals surface area contributed by atoms with Crippen molar-refractivity contribution in [2.45, 2.75) is 39.0 Å². The second-order valence-electron chi connectivity index (χ2n) is 4.00. The van der Waals surface area contributed by atoms with Crippen molar-refractivity contribution < 1.29 is 9.90 Å². The summed E-state index contributed by atoms with van der Waals surface area (Å²) >= 11 is 0. The maximum absolute atomic E-state index is 11.3. The summed E-state index contributed by atoms with van der Waals surface area (Å²) in [6.07, 6.45) is 4.07. The summed E-state index contributed by atoms with van der Waals surface area (Å²) in [6.45, 7) is 3.68. The summed E-state index contributed by atoms with van der Waals surface area (Å²) in [5, 5.41) is 11.4. The van der Waals surface area contributed by atoms with Crippen molar-refractivity contribution >= 4 is 5.91 Å². The van der Waals surface area contributed by atoms with Crippen LogP contribution in [0.5, 0.6) is 0 Å². The van der Waals surface area contributed by atoms with E-state index in [1.807, 2.05) is 0 Å². The van der Waals surface area contributed by atoms with E-state index in [1.165, 1.54) is 0 Å². The van der Waals surface area contributed by atoms with Crippen LogP contribution in [0.1, 0.15) is 39.0 Å². The molecule has 0 aromatic rings. The van der Waals surface area contributed by atoms with Gasteiger partial charge in [0.2, 0.25) is 5.91 Å². The molecule has 0 heterocycles. The van der Waals surface area contributed by atoms with Crippen molar-refractivity contribution in [1.82, 2.24) is 5.32 Å². The van der Waals surface area contributed by atoms with Gasteiger partial charge in [-0.05, 0) is 38.1 Å². The molecule has 0 radical (unpaired) electrons. The first-order chi connectivity index (χ1) is 7.20. The fraction of sp³-hybridized carbons (Fsp3) is 0.909. The first-order valence-electron chi connectivity index (χ1n) is 5.78. The van der Waals surface area contributed by atoms with Crippen molar-refractivity contribution in [3.05, 3.63) is 0 Å². The Morgan fingerprint density at radius 1 is 1.40 bits per heavy atom. The van der Waals surface area contributed by atoms with Gasteiger partial charge in [-0.3, -0.25) is 4.79 Å². The van der Waals surface area contributed by atoms with Crippen molar-refractivity contribution in [2.24, 2.45) is 11.7 Å². The van der Waals surface area contributed by atoms with Gasteiger partial charge >= 0.3 is 0 Å². The normalized spacial score (nSPS) is 12.5. The number of unbranched alkanes of at least 4 members (excludes halogenated alkanes) is 1. The summed E-state index contributed by atoms with van der Waals surface area (Å²) in [6, 6.07) is 0. The van der Waals surface area contributed by atoms with Gasteiger partial charge in [0.15, 0.2) is 0 Å². The lowest BCUT2D eigenvalue weighted by atomic mass is 10.0. The van der Waals surface area contributed by atoms with Gasteiger partial charge in [-0.25, -0.2) is 0 Å². The van der Waals surface area contributed by atoms with Crippen LogP contribution < -0.4 is 11.1 Å². The first-order valence-corrected chi connectivity index (χ1v) is 5.78. The minimum absolute atomic E-state index is 0.108. The number of aliphatic hydroxyl groups excluding tert-OH is 1. The molecule has 0 aliphatic rings. The monoisotopic (exact) mass is 216 g/mol. The molecule has 1 amide bonds. The van der Waals surface area contributed by atoms with Crippen LogP contribution >= 0.6 is 0 Å². The summed E-state index contributed by atoms with van der Waals surface area (Å²) in [5.41, 5.74) is 5.43. The van der Waals surface area contributed by atoms with E-state index in [1.54, 1.807) is 0 Å². The number of nitrogens with one attached hydrogen (secondary N) is 1. The molecule has 1 atom stereocenters. The molecule has 0 bridgehead atoms. The predicted molar refractivity (Wildman–Crippen MR) is 61.4 cm³/mol. The van der Waals surface area contributed by atoms with Crippen molar-refractivity contribution in [2.75, 3.05) is 19.7 Å². The lowest BCUT2D eigenvalue weighted by Crippen LogP contribution is -2.24. The maximum atomic E-state index is 11.3. The fourth-order valence-electron chi connectivity index (χ4n) is 1.36. The molecule has 0 aliphatic heterocycles. The Bertz CT molecular complexity index is 163. The van der Waals surface area contributed by atoms with Gasteiger partial charge in [-0.15, -0.1) is 0 Å². The zero-order valence-corrected chi connectivity index (χ0v) is 9.67. The highest BCUT2D eigenvalue weighted by Crippen LogP contribution is 2.08. The quantitative estimate of drug-likeness (QED) is 0.495. The van der Waals surface area contributed by atoms with Crippen LogP contribution in [0.15, 0.2) is 0 Å². The largest absolute Gasteiger partial charge is 0.396 e. The summed E-state index contributed by atoms with van der Waals surface area (Å²) in [4.78, 5) is 11.3. The van der Waals surface area contributed by atoms with E-state index in [-0.39, 0.29) is 12.5 Å². The highest BCUT2D eigenvalue weighted by atomic mass is 16.2. The summed E-state index contributed by atoms with van der Waals surface area (Å²) < 4.78 is 0. The van der Waals surface area contributed by atoms with E-state index in [4.69, 9.17) is 10.8 Å². The molecular formula is C11H24N2O2. The minimum atomic E-state index is 0.108. The number of rotatable bonds is 9. The van der Waals surface area contributed by atoms with Crippen LogP contribution in [0.2, 0.25) is 0 Å². The van der Waals surface area contributed by atoms with Gasteiger partial charge in [-0.1, -0.05) is 6.92 Å². The minimum Gasteiger partial charge on any atom is -0.396 e. The molecule has 0 spiro atoms. The van der Waals surface area contributed by atoms with Crippen LogP contribution in [0.25, 0.3) is 0 Å². The number of hydrogen-bond acceptors (Lipinski definition) is 3. The lowest BCUT2D eigenvalue weighted by Gasteiger charge is -2.09. The van der Waals surface area contributed by atoms with Gasteiger partial charge in [0.25, 0.3) is 0 Å². The van der Waals surface area contributed by atoms with Crippen molar-refractivity contribution in [1.29, 1.82) is 0 Å². The van der Waals surface area contributed by atoms with Gasteiger partial charge in [0.05, 0.1) is 0 Å². The molecular weight excluding hydrogens is 192 g/mol. The SMILES string of the molecule is CC(CCN)CCC(=O)NCCCCO. The molecule has 90 valence electrons. The van der Waals surface area contributed by atoms with E-state index in [2.05, 4.69) is 12.2 Å². The number of hydrogen-bond donors (Lipinski definition) is 3. The molecule has 0 rings (SSSR count). The van der Waals surface area contributed by atoms with Crippen LogP contribution in [-0.4, -0.2) is 30.7 Å². The smallest absolute Gasteiger partial charge is 0.220 e. The van der Waals surface area contributed by atoms with E-state index >= 15 is 0 Å².